The van der Waals surface area contributed by atoms with Crippen LogP contribution in [0.4, 0.5) is 18.9 Å². The summed E-state index contributed by atoms with van der Waals surface area (Å²) in [6.07, 6.45) is -3.25. The number of para-hydroxylation sites is 1. The Morgan fingerprint density at radius 1 is 0.824 bits per heavy atom. The lowest BCUT2D eigenvalue weighted by atomic mass is 9.71. The fraction of sp³-hybridized carbons (Fsp3) is 0.346. The molecule has 3 unspecified atom stereocenters. The summed E-state index contributed by atoms with van der Waals surface area (Å²) in [6.45, 7) is 7.30. The molecule has 0 spiro atoms. The van der Waals surface area contributed by atoms with Crippen LogP contribution in [0.2, 0.25) is 0 Å². The highest BCUT2D eigenvalue weighted by atomic mass is 19.2. The van der Waals surface area contributed by atoms with Crippen LogP contribution in [0.3, 0.4) is 0 Å². The molecule has 0 saturated heterocycles. The third-order valence-corrected chi connectivity index (χ3v) is 6.29. The highest BCUT2D eigenvalue weighted by Gasteiger charge is 2.65. The Hall–Kier alpha value is -3.10. The first kappa shape index (κ1) is 24.0. The third kappa shape index (κ3) is 3.35. The number of nitrogens with zero attached hydrogens (tertiary/aromatic N) is 1. The number of fused-ring (bicyclic) bond motifs is 1. The van der Waals surface area contributed by atoms with Crippen molar-refractivity contribution >= 4 is 23.0 Å². The van der Waals surface area contributed by atoms with E-state index < -0.39 is 46.3 Å². The summed E-state index contributed by atoms with van der Waals surface area (Å²) in [5, 5.41) is 21.3. The van der Waals surface area contributed by atoms with Gasteiger partial charge in [0, 0.05) is 11.1 Å². The normalized spacial score (nSPS) is 28.1. The van der Waals surface area contributed by atoms with Crippen molar-refractivity contribution in [2.45, 2.75) is 57.4 Å². The molecule has 0 amide bonds. The number of rotatable bonds is 3. The number of alkyl halides is 3. The van der Waals surface area contributed by atoms with Crippen LogP contribution in [-0.2, 0) is 0 Å². The molecule has 0 radical (unpaired) electrons. The van der Waals surface area contributed by atoms with Crippen molar-refractivity contribution in [1.29, 1.82) is 0 Å². The van der Waals surface area contributed by atoms with Crippen LogP contribution in [0.1, 0.15) is 71.4 Å². The van der Waals surface area contributed by atoms with Crippen LogP contribution in [-0.4, -0.2) is 45.4 Å². The van der Waals surface area contributed by atoms with Gasteiger partial charge in [-0.2, -0.15) is 4.39 Å². The van der Waals surface area contributed by atoms with Gasteiger partial charge in [-0.25, -0.2) is 13.8 Å². The summed E-state index contributed by atoms with van der Waals surface area (Å²) >= 11 is 0. The van der Waals surface area contributed by atoms with Gasteiger partial charge < -0.3 is 10.2 Å². The molecular weight excluding hydrogens is 447 g/mol. The molecule has 3 atom stereocenters. The number of Topliss-reactive ketones (excluding diaryl/α,β-unsaturated/α-hetero) is 2. The number of carbonyl (C=O) groups excluding carboxylic acids is 2. The number of aliphatic imine (C=N–C) groups is 1. The number of halogens is 3. The number of aliphatic hydroxyl groups is 2. The second-order valence-corrected chi connectivity index (χ2v) is 9.20. The smallest absolute Gasteiger partial charge is 0.280 e. The van der Waals surface area contributed by atoms with E-state index >= 15 is 13.2 Å². The monoisotopic (exact) mass is 471 g/mol. The van der Waals surface area contributed by atoms with Gasteiger partial charge in [-0.1, -0.05) is 70.2 Å². The Balaban J connectivity index is 2.03. The van der Waals surface area contributed by atoms with E-state index in [0.29, 0.717) is 11.1 Å². The number of hydrogen-bond donors (Lipinski definition) is 2. The van der Waals surface area contributed by atoms with Gasteiger partial charge in [0.25, 0.3) is 11.7 Å². The van der Waals surface area contributed by atoms with Crippen LogP contribution in [0, 0.1) is 0 Å². The quantitative estimate of drug-likeness (QED) is 0.656. The fourth-order valence-corrected chi connectivity index (χ4v) is 4.52. The highest BCUT2D eigenvalue weighted by molar-refractivity contribution is 6.31. The Morgan fingerprint density at radius 3 is 1.76 bits per heavy atom. The highest BCUT2D eigenvalue weighted by Crippen LogP contribution is 2.48. The summed E-state index contributed by atoms with van der Waals surface area (Å²) in [5.74, 6) is -10.8. The van der Waals surface area contributed by atoms with E-state index in [-0.39, 0.29) is 28.7 Å². The van der Waals surface area contributed by atoms with E-state index in [1.54, 1.807) is 18.2 Å². The maximum Gasteiger partial charge on any atom is 0.280 e. The van der Waals surface area contributed by atoms with Gasteiger partial charge in [-0.15, -0.1) is 0 Å². The molecule has 0 aromatic heterocycles. The molecule has 2 aromatic carbocycles. The number of carbonyl (C=O) groups is 2. The lowest BCUT2D eigenvalue weighted by Gasteiger charge is -2.40. The molecule has 2 aromatic rings. The van der Waals surface area contributed by atoms with Crippen molar-refractivity contribution in [2.75, 3.05) is 0 Å². The molecule has 0 aliphatic heterocycles. The number of hydrogen-bond acceptors (Lipinski definition) is 5. The fourth-order valence-electron chi connectivity index (χ4n) is 4.52. The predicted octanol–water partition coefficient (Wildman–Crippen LogP) is 5.05. The molecule has 2 aliphatic carbocycles. The largest absolute Gasteiger partial charge is 0.355 e. The molecule has 0 saturated carbocycles. The van der Waals surface area contributed by atoms with Gasteiger partial charge in [0.1, 0.15) is 5.71 Å². The predicted molar refractivity (Wildman–Crippen MR) is 121 cm³/mol. The molecule has 4 rings (SSSR count). The first-order valence-corrected chi connectivity index (χ1v) is 10.9. The average molecular weight is 471 g/mol. The topological polar surface area (TPSA) is 87.0 Å². The summed E-state index contributed by atoms with van der Waals surface area (Å²) in [6, 6.07) is 10.3. The second kappa shape index (κ2) is 7.99. The summed E-state index contributed by atoms with van der Waals surface area (Å²) in [5.41, 5.74) is -3.60. The Kier molecular flexibility index (Phi) is 5.65. The van der Waals surface area contributed by atoms with E-state index in [1.807, 2.05) is 27.7 Å². The lowest BCUT2D eigenvalue weighted by molar-refractivity contribution is -0.108. The molecule has 0 bridgehead atoms. The van der Waals surface area contributed by atoms with Crippen LogP contribution in [0.5, 0.6) is 0 Å². The standard InChI is InChI=1S/C26H24F3NO4/c1-12(2)14-10-7-11-15(13(3)4)20(14)30-24-23(27)25(28,33)18-19(26(24,29)34)22(32)17-9-6-5-8-16(17)21(18)31/h5-13,23,33-34H,1-4H3. The molecule has 0 fully saturated rings. The molecule has 0 heterocycles. The molecule has 8 heteroatoms. The van der Waals surface area contributed by atoms with Crippen molar-refractivity contribution in [1.82, 2.24) is 0 Å². The van der Waals surface area contributed by atoms with E-state index in [4.69, 9.17) is 0 Å². The van der Waals surface area contributed by atoms with Gasteiger partial charge in [-0.3, -0.25) is 9.59 Å². The van der Waals surface area contributed by atoms with Crippen LogP contribution < -0.4 is 0 Å². The second-order valence-electron chi connectivity index (χ2n) is 9.20. The summed E-state index contributed by atoms with van der Waals surface area (Å²) < 4.78 is 47.0. The SMILES string of the molecule is CC(C)c1cccc(C(C)C)c1N=C1C(F)C(O)(F)C2=C(C(=O)c3ccccc3C2=O)C1(O)F. The Labute approximate surface area is 194 Å². The first-order valence-electron chi connectivity index (χ1n) is 10.9. The summed E-state index contributed by atoms with van der Waals surface area (Å²) in [4.78, 5) is 30.0. The van der Waals surface area contributed by atoms with Gasteiger partial charge >= 0.3 is 0 Å². The minimum atomic E-state index is -4.09. The van der Waals surface area contributed by atoms with Crippen molar-refractivity contribution in [3.05, 3.63) is 75.9 Å². The van der Waals surface area contributed by atoms with Gasteiger partial charge in [0.2, 0.25) is 6.17 Å². The van der Waals surface area contributed by atoms with Crippen molar-refractivity contribution in [2.24, 2.45) is 4.99 Å². The van der Waals surface area contributed by atoms with Crippen LogP contribution >= 0.6 is 0 Å². The van der Waals surface area contributed by atoms with Crippen molar-refractivity contribution in [3.8, 4) is 0 Å². The number of benzene rings is 2. The van der Waals surface area contributed by atoms with Crippen LogP contribution in [0.25, 0.3) is 0 Å². The molecule has 178 valence electrons. The van der Waals surface area contributed by atoms with E-state index in [9.17, 15) is 19.8 Å². The average Bonchev–Trinajstić information content (AvgIpc) is 2.77. The number of ketones is 2. The zero-order valence-corrected chi connectivity index (χ0v) is 19.1. The maximum absolute atomic E-state index is 16.0. The van der Waals surface area contributed by atoms with Crippen LogP contribution in [0.15, 0.2) is 58.6 Å². The third-order valence-electron chi connectivity index (χ3n) is 6.29. The van der Waals surface area contributed by atoms with Crippen molar-refractivity contribution < 1.29 is 33.0 Å². The molecule has 5 nitrogen and oxygen atoms in total. The van der Waals surface area contributed by atoms with E-state index in [1.165, 1.54) is 24.3 Å². The van der Waals surface area contributed by atoms with E-state index in [2.05, 4.69) is 4.99 Å². The zero-order valence-electron chi connectivity index (χ0n) is 19.1. The molecule has 34 heavy (non-hydrogen) atoms. The first-order chi connectivity index (χ1) is 15.8. The molecular formula is C26H24F3NO4. The van der Waals surface area contributed by atoms with Crippen molar-refractivity contribution in [3.63, 3.8) is 0 Å². The Bertz CT molecular complexity index is 1250. The minimum absolute atomic E-state index is 0.107. The maximum atomic E-state index is 16.0. The summed E-state index contributed by atoms with van der Waals surface area (Å²) in [7, 11) is 0. The zero-order chi connectivity index (χ0) is 25.2. The van der Waals surface area contributed by atoms with E-state index in [0.717, 1.165) is 0 Å². The lowest BCUT2D eigenvalue weighted by Crippen LogP contribution is -2.60. The van der Waals surface area contributed by atoms with Gasteiger partial charge in [-0.05, 0) is 23.0 Å². The minimum Gasteiger partial charge on any atom is -0.355 e. The molecule has 2 N–H and O–H groups in total. The van der Waals surface area contributed by atoms with Gasteiger partial charge in [0.05, 0.1) is 16.8 Å². The van der Waals surface area contributed by atoms with Gasteiger partial charge in [0.15, 0.2) is 11.6 Å². The Morgan fingerprint density at radius 2 is 1.29 bits per heavy atom. The molecule has 2 aliphatic rings.